The van der Waals surface area contributed by atoms with Crippen molar-refractivity contribution in [1.29, 1.82) is 0 Å². The molecule has 2 fully saturated rings. The summed E-state index contributed by atoms with van der Waals surface area (Å²) < 4.78 is 51.5. The standard InChI is InChI=1S/C17H21F2N3O4S/c1-27(25,26)11-8-12(18)16(13(19)9-11)21-14-3-2-6-22(17(14)24)10-4-5-20-15(23)7-10/h8-10,14,21H,2-7H2,1H3,(H,20,23). The molecule has 2 atom stereocenters. The second-order valence-corrected chi connectivity index (χ2v) is 8.92. The number of amides is 2. The van der Waals surface area contributed by atoms with Crippen molar-refractivity contribution < 1.29 is 26.8 Å². The fraction of sp³-hybridized carbons (Fsp3) is 0.529. The molecule has 0 saturated carbocycles. The van der Waals surface area contributed by atoms with Gasteiger partial charge in [0.2, 0.25) is 11.8 Å². The Morgan fingerprint density at radius 1 is 1.19 bits per heavy atom. The van der Waals surface area contributed by atoms with E-state index in [1.165, 1.54) is 0 Å². The Bertz CT molecular complexity index is 852. The molecule has 2 aliphatic rings. The first kappa shape index (κ1) is 19.5. The molecule has 2 heterocycles. The van der Waals surface area contributed by atoms with Crippen LogP contribution in [0.5, 0.6) is 0 Å². The molecule has 1 aromatic carbocycles. The van der Waals surface area contributed by atoms with E-state index < -0.39 is 38.1 Å². The van der Waals surface area contributed by atoms with Crippen LogP contribution in [0, 0.1) is 11.6 Å². The molecule has 0 bridgehead atoms. The van der Waals surface area contributed by atoms with Crippen molar-refractivity contribution >= 4 is 27.3 Å². The van der Waals surface area contributed by atoms with Gasteiger partial charge in [-0.15, -0.1) is 0 Å². The Hall–Kier alpha value is -2.23. The van der Waals surface area contributed by atoms with Gasteiger partial charge in [0.15, 0.2) is 21.5 Å². The Morgan fingerprint density at radius 3 is 2.44 bits per heavy atom. The number of carbonyl (C=O) groups is 2. The lowest BCUT2D eigenvalue weighted by molar-refractivity contribution is -0.139. The highest BCUT2D eigenvalue weighted by molar-refractivity contribution is 7.90. The van der Waals surface area contributed by atoms with Gasteiger partial charge in [-0.25, -0.2) is 17.2 Å². The van der Waals surface area contributed by atoms with Crippen LogP contribution in [0.15, 0.2) is 17.0 Å². The van der Waals surface area contributed by atoms with E-state index in [1.807, 2.05) is 0 Å². The number of sulfone groups is 1. The molecule has 2 amide bonds. The molecule has 2 unspecified atom stereocenters. The molecule has 27 heavy (non-hydrogen) atoms. The van der Waals surface area contributed by atoms with Gasteiger partial charge in [0.1, 0.15) is 11.7 Å². The zero-order chi connectivity index (χ0) is 19.8. The Balaban J connectivity index is 1.79. The van der Waals surface area contributed by atoms with Gasteiger partial charge >= 0.3 is 0 Å². The van der Waals surface area contributed by atoms with E-state index in [1.54, 1.807) is 4.90 Å². The van der Waals surface area contributed by atoms with Gasteiger partial charge in [-0.3, -0.25) is 9.59 Å². The highest BCUT2D eigenvalue weighted by atomic mass is 32.2. The highest BCUT2D eigenvalue weighted by Crippen LogP contribution is 2.27. The van der Waals surface area contributed by atoms with Crippen LogP contribution >= 0.6 is 0 Å². The minimum absolute atomic E-state index is 0.123. The summed E-state index contributed by atoms with van der Waals surface area (Å²) in [5.74, 6) is -2.58. The molecule has 7 nitrogen and oxygen atoms in total. The zero-order valence-electron chi connectivity index (χ0n) is 14.8. The van der Waals surface area contributed by atoms with Gasteiger partial charge in [-0.2, -0.15) is 0 Å². The van der Waals surface area contributed by atoms with Crippen LogP contribution in [0.2, 0.25) is 0 Å². The summed E-state index contributed by atoms with van der Waals surface area (Å²) in [7, 11) is -3.76. The van der Waals surface area contributed by atoms with Crippen LogP contribution in [0.25, 0.3) is 0 Å². The summed E-state index contributed by atoms with van der Waals surface area (Å²) in [6.07, 6.45) is 2.73. The monoisotopic (exact) mass is 401 g/mol. The predicted molar refractivity (Wildman–Crippen MR) is 93.9 cm³/mol. The van der Waals surface area contributed by atoms with E-state index in [0.29, 0.717) is 32.4 Å². The van der Waals surface area contributed by atoms with E-state index >= 15 is 0 Å². The first-order valence-corrected chi connectivity index (χ1v) is 10.6. The molecule has 148 valence electrons. The summed E-state index contributed by atoms with van der Waals surface area (Å²) in [6, 6.07) is 0.407. The first-order chi connectivity index (χ1) is 12.7. The SMILES string of the molecule is CS(=O)(=O)c1cc(F)c(NC2CCCN(C3CCNC(=O)C3)C2=O)c(F)c1. The topological polar surface area (TPSA) is 95.6 Å². The van der Waals surface area contributed by atoms with Crippen molar-refractivity contribution in [2.45, 2.75) is 42.7 Å². The molecule has 10 heteroatoms. The smallest absolute Gasteiger partial charge is 0.245 e. The lowest BCUT2D eigenvalue weighted by Crippen LogP contribution is -2.55. The fourth-order valence-corrected chi connectivity index (χ4v) is 4.14. The average molecular weight is 401 g/mol. The number of hydrogen-bond donors (Lipinski definition) is 2. The number of carbonyl (C=O) groups excluding carboxylic acids is 2. The third kappa shape index (κ3) is 4.20. The Labute approximate surface area is 156 Å². The first-order valence-electron chi connectivity index (χ1n) is 8.69. The van der Waals surface area contributed by atoms with Crippen LogP contribution in [0.3, 0.4) is 0 Å². The number of halogens is 2. The summed E-state index contributed by atoms with van der Waals surface area (Å²) in [5, 5.41) is 5.30. The van der Waals surface area contributed by atoms with Crippen LogP contribution in [0.4, 0.5) is 14.5 Å². The van der Waals surface area contributed by atoms with Crippen molar-refractivity contribution in [3.8, 4) is 0 Å². The number of benzene rings is 1. The molecule has 3 rings (SSSR count). The largest absolute Gasteiger partial charge is 0.369 e. The summed E-state index contributed by atoms with van der Waals surface area (Å²) >= 11 is 0. The van der Waals surface area contributed by atoms with Gasteiger partial charge in [0.25, 0.3) is 0 Å². The Kier molecular flexibility index (Phi) is 5.36. The van der Waals surface area contributed by atoms with E-state index in [0.717, 1.165) is 18.4 Å². The number of anilines is 1. The molecule has 0 spiro atoms. The van der Waals surface area contributed by atoms with Crippen LogP contribution in [-0.4, -0.2) is 56.6 Å². The van der Waals surface area contributed by atoms with Gasteiger partial charge in [-0.1, -0.05) is 0 Å². The quantitative estimate of drug-likeness (QED) is 0.786. The molecule has 1 aromatic rings. The number of nitrogens with zero attached hydrogens (tertiary/aromatic N) is 1. The van der Waals surface area contributed by atoms with E-state index in [2.05, 4.69) is 10.6 Å². The number of piperidine rings is 2. The molecule has 0 aliphatic carbocycles. The summed E-state index contributed by atoms with van der Waals surface area (Å²) in [6.45, 7) is 0.981. The number of rotatable bonds is 4. The number of likely N-dealkylation sites (tertiary alicyclic amines) is 1. The second kappa shape index (κ2) is 7.41. The lowest BCUT2D eigenvalue weighted by atomic mass is 9.97. The second-order valence-electron chi connectivity index (χ2n) is 6.90. The van der Waals surface area contributed by atoms with E-state index in [4.69, 9.17) is 0 Å². The fourth-order valence-electron chi connectivity index (χ4n) is 3.50. The van der Waals surface area contributed by atoms with Crippen molar-refractivity contribution in [1.82, 2.24) is 10.2 Å². The summed E-state index contributed by atoms with van der Waals surface area (Å²) in [5.41, 5.74) is -0.524. The molecule has 0 aromatic heterocycles. The minimum Gasteiger partial charge on any atom is -0.369 e. The van der Waals surface area contributed by atoms with E-state index in [-0.39, 0.29) is 24.3 Å². The molecule has 2 N–H and O–H groups in total. The zero-order valence-corrected chi connectivity index (χ0v) is 15.6. The lowest BCUT2D eigenvalue weighted by Gasteiger charge is -2.39. The van der Waals surface area contributed by atoms with E-state index in [9.17, 15) is 26.8 Å². The van der Waals surface area contributed by atoms with Crippen LogP contribution in [-0.2, 0) is 19.4 Å². The summed E-state index contributed by atoms with van der Waals surface area (Å²) in [4.78, 5) is 25.5. The normalized spacial score (nSPS) is 23.9. The van der Waals surface area contributed by atoms with Crippen molar-refractivity contribution in [3.63, 3.8) is 0 Å². The predicted octanol–water partition coefficient (Wildman–Crippen LogP) is 1.05. The number of nitrogens with one attached hydrogen (secondary N) is 2. The van der Waals surface area contributed by atoms with Gasteiger partial charge in [0, 0.05) is 31.8 Å². The van der Waals surface area contributed by atoms with Crippen molar-refractivity contribution in [2.75, 3.05) is 24.7 Å². The molecular formula is C17H21F2N3O4S. The van der Waals surface area contributed by atoms with Gasteiger partial charge in [0.05, 0.1) is 4.90 Å². The molecule has 2 aliphatic heterocycles. The van der Waals surface area contributed by atoms with Crippen LogP contribution in [0.1, 0.15) is 25.7 Å². The molecule has 0 radical (unpaired) electrons. The Morgan fingerprint density at radius 2 is 1.85 bits per heavy atom. The van der Waals surface area contributed by atoms with Gasteiger partial charge in [-0.05, 0) is 31.4 Å². The average Bonchev–Trinajstić information content (AvgIpc) is 2.58. The minimum atomic E-state index is -3.76. The third-order valence-electron chi connectivity index (χ3n) is 4.90. The molecular weight excluding hydrogens is 380 g/mol. The maximum atomic E-state index is 14.3. The van der Waals surface area contributed by atoms with Crippen molar-refractivity contribution in [3.05, 3.63) is 23.8 Å². The highest BCUT2D eigenvalue weighted by Gasteiger charge is 2.36. The molecule has 2 saturated heterocycles. The maximum absolute atomic E-state index is 14.3. The van der Waals surface area contributed by atoms with Crippen molar-refractivity contribution in [2.24, 2.45) is 0 Å². The van der Waals surface area contributed by atoms with Crippen LogP contribution < -0.4 is 10.6 Å². The number of hydrogen-bond acceptors (Lipinski definition) is 5. The maximum Gasteiger partial charge on any atom is 0.245 e. The third-order valence-corrected chi connectivity index (χ3v) is 5.99. The van der Waals surface area contributed by atoms with Gasteiger partial charge < -0.3 is 15.5 Å².